The summed E-state index contributed by atoms with van der Waals surface area (Å²) < 4.78 is 10.6. The monoisotopic (exact) mass is 446 g/mol. The summed E-state index contributed by atoms with van der Waals surface area (Å²) in [5, 5.41) is 10.7. The van der Waals surface area contributed by atoms with Crippen molar-refractivity contribution < 1.29 is 14.3 Å². The third kappa shape index (κ3) is 5.81. The number of nitrogens with one attached hydrogen (secondary N) is 2. The largest absolute Gasteiger partial charge is 0.497 e. The zero-order valence-electron chi connectivity index (χ0n) is 18.8. The number of piperidine rings is 1. The Morgan fingerprint density at radius 3 is 2.52 bits per heavy atom. The summed E-state index contributed by atoms with van der Waals surface area (Å²) in [4.78, 5) is 15.7. The van der Waals surface area contributed by atoms with E-state index in [0.717, 1.165) is 33.2 Å². The van der Waals surface area contributed by atoms with Crippen molar-refractivity contribution in [1.29, 1.82) is 0 Å². The van der Waals surface area contributed by atoms with Crippen molar-refractivity contribution in [3.05, 3.63) is 29.5 Å². The molecule has 170 valence electrons. The first-order valence-electron chi connectivity index (χ1n) is 11.2. The van der Waals surface area contributed by atoms with E-state index in [1.165, 1.54) is 32.4 Å². The number of hydrogen-bond donors (Lipinski definition) is 2. The van der Waals surface area contributed by atoms with Gasteiger partial charge in [-0.2, -0.15) is 5.10 Å². The van der Waals surface area contributed by atoms with Crippen LogP contribution >= 0.6 is 11.8 Å². The molecule has 0 unspecified atom stereocenters. The number of hydrogen-bond acceptors (Lipinski definition) is 6. The maximum atomic E-state index is 12.7. The van der Waals surface area contributed by atoms with E-state index in [1.54, 1.807) is 18.9 Å². The van der Waals surface area contributed by atoms with E-state index in [4.69, 9.17) is 9.47 Å². The zero-order chi connectivity index (χ0) is 22.1. The van der Waals surface area contributed by atoms with Gasteiger partial charge in [0.05, 0.1) is 26.0 Å². The lowest BCUT2D eigenvalue weighted by Crippen LogP contribution is -2.41. The zero-order valence-corrected chi connectivity index (χ0v) is 19.6. The Morgan fingerprint density at radius 2 is 1.90 bits per heavy atom. The molecule has 31 heavy (non-hydrogen) atoms. The minimum absolute atomic E-state index is 0.00833. The molecule has 4 heterocycles. The predicted molar refractivity (Wildman–Crippen MR) is 125 cm³/mol. The second-order valence-corrected chi connectivity index (χ2v) is 8.31. The molecule has 0 bridgehead atoms. The SMILES string of the molecule is C1CCNCC1.CC.COc1ccc2c(c1)-c1n[nH]c(C(=O)N3CCOCC3)c1CS2. The molecule has 0 radical (unpaired) electrons. The van der Waals surface area contributed by atoms with Crippen LogP contribution in [0.5, 0.6) is 5.75 Å². The quantitative estimate of drug-likeness (QED) is 0.727. The van der Waals surface area contributed by atoms with Crippen molar-refractivity contribution in [3.63, 3.8) is 0 Å². The van der Waals surface area contributed by atoms with Crippen LogP contribution < -0.4 is 10.1 Å². The van der Waals surface area contributed by atoms with Crippen LogP contribution in [0.2, 0.25) is 0 Å². The summed E-state index contributed by atoms with van der Waals surface area (Å²) >= 11 is 1.72. The Kier molecular flexibility index (Phi) is 9.24. The summed E-state index contributed by atoms with van der Waals surface area (Å²) in [6.45, 7) is 8.95. The number of aromatic amines is 1. The molecule has 2 fully saturated rings. The molecule has 0 atom stereocenters. The molecule has 0 saturated carbocycles. The smallest absolute Gasteiger partial charge is 0.272 e. The number of ether oxygens (including phenoxy) is 2. The van der Waals surface area contributed by atoms with Gasteiger partial charge in [0.25, 0.3) is 5.91 Å². The summed E-state index contributed by atoms with van der Waals surface area (Å²) in [5.41, 5.74) is 3.46. The standard InChI is InChI=1S/C16H17N3O3S.C5H11N.C2H6/c1-21-10-2-3-13-11(8-10)14-12(9-23-13)15(18-17-14)16(20)19-4-6-22-7-5-19;1-2-4-6-5-3-1;1-2/h2-3,8H,4-7,9H2,1H3,(H,17,18);6H,1-5H2;1-2H3. The molecule has 3 aliphatic rings. The molecule has 0 aliphatic carbocycles. The second kappa shape index (κ2) is 12.1. The van der Waals surface area contributed by atoms with Crippen LogP contribution in [0.3, 0.4) is 0 Å². The average molecular weight is 447 g/mol. The average Bonchev–Trinajstić information content (AvgIpc) is 3.31. The van der Waals surface area contributed by atoms with Crippen molar-refractivity contribution >= 4 is 17.7 Å². The molecular weight excluding hydrogens is 412 g/mol. The highest BCUT2D eigenvalue weighted by Crippen LogP contribution is 2.43. The molecule has 7 nitrogen and oxygen atoms in total. The minimum Gasteiger partial charge on any atom is -0.497 e. The van der Waals surface area contributed by atoms with Gasteiger partial charge in [-0.1, -0.05) is 20.3 Å². The predicted octanol–water partition coefficient (Wildman–Crippen LogP) is 3.95. The molecule has 2 N–H and O–H groups in total. The van der Waals surface area contributed by atoms with Gasteiger partial charge >= 0.3 is 0 Å². The fraction of sp³-hybridized carbons (Fsp3) is 0.565. The molecular formula is C23H34N4O3S. The van der Waals surface area contributed by atoms with Gasteiger partial charge in [0.15, 0.2) is 0 Å². The maximum Gasteiger partial charge on any atom is 0.272 e. The van der Waals surface area contributed by atoms with E-state index >= 15 is 0 Å². The number of thioether (sulfide) groups is 1. The molecule has 1 aromatic carbocycles. The summed E-state index contributed by atoms with van der Waals surface area (Å²) in [6, 6.07) is 5.97. The number of aromatic nitrogens is 2. The topological polar surface area (TPSA) is 79.5 Å². The van der Waals surface area contributed by atoms with Crippen molar-refractivity contribution in [1.82, 2.24) is 20.4 Å². The van der Waals surface area contributed by atoms with Crippen molar-refractivity contribution in [2.45, 2.75) is 43.8 Å². The molecule has 8 heteroatoms. The molecule has 0 spiro atoms. The number of amides is 1. The van der Waals surface area contributed by atoms with Crippen LogP contribution in [0.4, 0.5) is 0 Å². The number of H-pyrrole nitrogens is 1. The van der Waals surface area contributed by atoms with Gasteiger partial charge in [-0.05, 0) is 44.1 Å². The fourth-order valence-corrected chi connectivity index (χ4v) is 4.78. The highest BCUT2D eigenvalue weighted by molar-refractivity contribution is 7.98. The number of benzene rings is 1. The number of nitrogens with zero attached hydrogens (tertiary/aromatic N) is 2. The molecule has 2 saturated heterocycles. The Labute approximate surface area is 189 Å². The van der Waals surface area contributed by atoms with Gasteiger partial charge in [0.1, 0.15) is 11.4 Å². The minimum atomic E-state index is 0.00833. The summed E-state index contributed by atoms with van der Waals surface area (Å²) in [6.07, 6.45) is 4.22. The van der Waals surface area contributed by atoms with E-state index in [-0.39, 0.29) is 5.91 Å². The molecule has 1 amide bonds. The normalized spacial score (nSPS) is 17.2. The number of fused-ring (bicyclic) bond motifs is 3. The van der Waals surface area contributed by atoms with Gasteiger partial charge in [-0.3, -0.25) is 9.89 Å². The third-order valence-electron chi connectivity index (χ3n) is 5.40. The maximum absolute atomic E-state index is 12.7. The second-order valence-electron chi connectivity index (χ2n) is 7.29. The Morgan fingerprint density at radius 1 is 1.16 bits per heavy atom. The number of carbonyl (C=O) groups excluding carboxylic acids is 1. The van der Waals surface area contributed by atoms with E-state index in [1.807, 2.05) is 36.9 Å². The lowest BCUT2D eigenvalue weighted by Gasteiger charge is -2.27. The first-order valence-corrected chi connectivity index (χ1v) is 12.2. The van der Waals surface area contributed by atoms with Gasteiger partial charge in [0, 0.05) is 34.9 Å². The van der Waals surface area contributed by atoms with E-state index in [0.29, 0.717) is 32.0 Å². The lowest BCUT2D eigenvalue weighted by atomic mass is 10.1. The molecule has 2 aromatic rings. The van der Waals surface area contributed by atoms with Crippen LogP contribution in [-0.2, 0) is 10.5 Å². The van der Waals surface area contributed by atoms with Gasteiger partial charge in [0.2, 0.25) is 0 Å². The lowest BCUT2D eigenvalue weighted by molar-refractivity contribution is 0.0298. The first kappa shape index (κ1) is 23.6. The molecule has 3 aliphatic heterocycles. The van der Waals surface area contributed by atoms with Crippen LogP contribution in [0.25, 0.3) is 11.3 Å². The van der Waals surface area contributed by atoms with Crippen LogP contribution in [0.1, 0.15) is 49.2 Å². The van der Waals surface area contributed by atoms with E-state index in [9.17, 15) is 4.79 Å². The number of methoxy groups -OCH3 is 1. The number of rotatable bonds is 2. The van der Waals surface area contributed by atoms with Crippen LogP contribution in [-0.4, -0.2) is 67.5 Å². The van der Waals surface area contributed by atoms with E-state index in [2.05, 4.69) is 15.5 Å². The third-order valence-corrected chi connectivity index (χ3v) is 6.50. The Balaban J connectivity index is 0.000000291. The van der Waals surface area contributed by atoms with Gasteiger partial charge in [-0.25, -0.2) is 0 Å². The summed E-state index contributed by atoms with van der Waals surface area (Å²) in [7, 11) is 1.65. The molecule has 1 aromatic heterocycles. The van der Waals surface area contributed by atoms with Gasteiger partial charge < -0.3 is 19.7 Å². The fourth-order valence-electron chi connectivity index (χ4n) is 3.73. The van der Waals surface area contributed by atoms with Crippen LogP contribution in [0, 0.1) is 0 Å². The van der Waals surface area contributed by atoms with Crippen molar-refractivity contribution in [2.75, 3.05) is 46.5 Å². The van der Waals surface area contributed by atoms with Crippen molar-refractivity contribution in [3.8, 4) is 17.0 Å². The van der Waals surface area contributed by atoms with Gasteiger partial charge in [-0.15, -0.1) is 11.8 Å². The summed E-state index contributed by atoms with van der Waals surface area (Å²) in [5.74, 6) is 1.55. The number of morpholine rings is 1. The Bertz CT molecular complexity index is 834. The van der Waals surface area contributed by atoms with Crippen LogP contribution in [0.15, 0.2) is 23.1 Å². The van der Waals surface area contributed by atoms with E-state index < -0.39 is 0 Å². The Hall–Kier alpha value is -2.03. The van der Waals surface area contributed by atoms with Crippen molar-refractivity contribution in [2.24, 2.45) is 0 Å². The first-order chi connectivity index (χ1) is 15.3. The highest BCUT2D eigenvalue weighted by Gasteiger charge is 2.29. The molecule has 5 rings (SSSR count). The number of carbonyl (C=O) groups is 1. The highest BCUT2D eigenvalue weighted by atomic mass is 32.2.